The van der Waals surface area contributed by atoms with Gasteiger partial charge < -0.3 is 19.6 Å². The molecule has 162 valence electrons. The average Bonchev–Trinajstić information content (AvgIpc) is 2.48. The van der Waals surface area contributed by atoms with Crippen molar-refractivity contribution in [1.29, 1.82) is 0 Å². The Morgan fingerprint density at radius 3 is 2.18 bits per heavy atom. The number of carbonyl (C=O) groups excluding carboxylic acids is 2. The van der Waals surface area contributed by atoms with Crippen molar-refractivity contribution in [3.63, 3.8) is 0 Å². The lowest BCUT2D eigenvalue weighted by molar-refractivity contribution is -0.173. The first-order valence-corrected chi connectivity index (χ1v) is 9.09. The van der Waals surface area contributed by atoms with Gasteiger partial charge in [-0.25, -0.2) is 4.79 Å². The van der Waals surface area contributed by atoms with Crippen LogP contribution in [0.15, 0.2) is 0 Å². The number of alkyl halides is 3. The van der Waals surface area contributed by atoms with Crippen molar-refractivity contribution in [3.05, 3.63) is 0 Å². The molecule has 10 heteroatoms. The van der Waals surface area contributed by atoms with Crippen LogP contribution in [0.4, 0.5) is 18.0 Å². The van der Waals surface area contributed by atoms with Crippen LogP contribution in [0.5, 0.6) is 0 Å². The summed E-state index contributed by atoms with van der Waals surface area (Å²) in [4.78, 5) is 38.7. The number of carboxylic acids is 1. The molecule has 0 aliphatic carbocycles. The van der Waals surface area contributed by atoms with E-state index < -0.39 is 54.2 Å². The van der Waals surface area contributed by atoms with Crippen LogP contribution in [0.2, 0.25) is 0 Å². The van der Waals surface area contributed by atoms with Crippen molar-refractivity contribution in [2.75, 3.05) is 19.6 Å². The highest BCUT2D eigenvalue weighted by molar-refractivity contribution is 5.86. The van der Waals surface area contributed by atoms with Crippen LogP contribution in [0.1, 0.15) is 53.9 Å². The van der Waals surface area contributed by atoms with Crippen LogP contribution in [-0.4, -0.2) is 70.3 Å². The van der Waals surface area contributed by atoms with E-state index in [-0.39, 0.29) is 6.54 Å². The number of amides is 2. The monoisotopic (exact) mass is 410 g/mol. The highest BCUT2D eigenvalue weighted by Crippen LogP contribution is 2.35. The standard InChI is InChI=1S/C18H29F3N2O5/c1-16(2,3)28-15(27)22-8-6-7-12(9-22)23(10-13(24)25)14(26)17(4,5)11-18(19,20)21/h12H,6-11H2,1-5H3,(H,24,25). The summed E-state index contributed by atoms with van der Waals surface area (Å²) < 4.78 is 43.8. The molecule has 1 rings (SSSR count). The van der Waals surface area contributed by atoms with Gasteiger partial charge in [0, 0.05) is 13.1 Å². The fourth-order valence-electron chi connectivity index (χ4n) is 3.18. The zero-order chi connectivity index (χ0) is 21.9. The van der Waals surface area contributed by atoms with Crippen molar-refractivity contribution in [1.82, 2.24) is 9.80 Å². The Balaban J connectivity index is 3.01. The van der Waals surface area contributed by atoms with Gasteiger partial charge in [-0.05, 0) is 33.6 Å². The van der Waals surface area contributed by atoms with Crippen molar-refractivity contribution < 1.29 is 37.4 Å². The summed E-state index contributed by atoms with van der Waals surface area (Å²) >= 11 is 0. The number of ether oxygens (including phenoxy) is 1. The number of halogens is 3. The summed E-state index contributed by atoms with van der Waals surface area (Å²) in [6.07, 6.45) is -5.66. The number of rotatable bonds is 5. The summed E-state index contributed by atoms with van der Waals surface area (Å²) in [6.45, 7) is 7.04. The topological polar surface area (TPSA) is 87.2 Å². The zero-order valence-corrected chi connectivity index (χ0v) is 16.9. The molecule has 1 unspecified atom stereocenters. The lowest BCUT2D eigenvalue weighted by Crippen LogP contribution is -2.56. The predicted octanol–water partition coefficient (Wildman–Crippen LogP) is 3.28. The SMILES string of the molecule is CC(C)(C)OC(=O)N1CCCC(N(CC(=O)O)C(=O)C(C)(C)CC(F)(F)F)C1. The second-order valence-corrected chi connectivity index (χ2v) is 8.73. The summed E-state index contributed by atoms with van der Waals surface area (Å²) in [5.74, 6) is -2.23. The van der Waals surface area contributed by atoms with Gasteiger partial charge in [-0.1, -0.05) is 13.8 Å². The molecule has 0 radical (unpaired) electrons. The molecule has 0 saturated carbocycles. The Morgan fingerprint density at radius 2 is 1.71 bits per heavy atom. The number of piperidine rings is 1. The minimum absolute atomic E-state index is 0.00995. The number of nitrogens with zero attached hydrogens (tertiary/aromatic N) is 2. The Hall–Kier alpha value is -2.00. The molecule has 1 fully saturated rings. The minimum Gasteiger partial charge on any atom is -0.480 e. The number of aliphatic carboxylic acids is 1. The molecule has 0 aromatic carbocycles. The van der Waals surface area contributed by atoms with Crippen LogP contribution < -0.4 is 0 Å². The first-order chi connectivity index (χ1) is 12.5. The molecule has 1 N–H and O–H groups in total. The smallest absolute Gasteiger partial charge is 0.410 e. The van der Waals surface area contributed by atoms with Gasteiger partial charge in [-0.2, -0.15) is 13.2 Å². The molecule has 0 bridgehead atoms. The molecule has 1 aliphatic rings. The quantitative estimate of drug-likeness (QED) is 0.752. The van der Waals surface area contributed by atoms with Gasteiger partial charge in [0.2, 0.25) is 5.91 Å². The Labute approximate surface area is 162 Å². The maximum Gasteiger partial charge on any atom is 0.410 e. The lowest BCUT2D eigenvalue weighted by Gasteiger charge is -2.41. The summed E-state index contributed by atoms with van der Waals surface area (Å²) in [5.41, 5.74) is -2.54. The van der Waals surface area contributed by atoms with Crippen LogP contribution in [0, 0.1) is 5.41 Å². The van der Waals surface area contributed by atoms with Crippen LogP contribution >= 0.6 is 0 Å². The molecule has 7 nitrogen and oxygen atoms in total. The Bertz CT molecular complexity index is 599. The fraction of sp³-hybridized carbons (Fsp3) is 0.833. The van der Waals surface area contributed by atoms with Crippen LogP contribution in [0.25, 0.3) is 0 Å². The van der Waals surface area contributed by atoms with E-state index in [0.717, 1.165) is 18.7 Å². The van der Waals surface area contributed by atoms with Crippen LogP contribution in [0.3, 0.4) is 0 Å². The predicted molar refractivity (Wildman–Crippen MR) is 94.6 cm³/mol. The molecule has 1 aliphatic heterocycles. The number of carbonyl (C=O) groups is 3. The van der Waals surface area contributed by atoms with Crippen molar-refractivity contribution in [2.24, 2.45) is 5.41 Å². The molecular weight excluding hydrogens is 381 g/mol. The first-order valence-electron chi connectivity index (χ1n) is 9.09. The summed E-state index contributed by atoms with van der Waals surface area (Å²) in [6, 6.07) is -0.697. The molecule has 0 aromatic rings. The third-order valence-electron chi connectivity index (χ3n) is 4.28. The van der Waals surface area contributed by atoms with E-state index in [4.69, 9.17) is 9.84 Å². The van der Waals surface area contributed by atoms with Gasteiger partial charge in [0.1, 0.15) is 12.1 Å². The van der Waals surface area contributed by atoms with Gasteiger partial charge in [0.05, 0.1) is 17.9 Å². The minimum atomic E-state index is -4.57. The van der Waals surface area contributed by atoms with E-state index in [9.17, 15) is 27.6 Å². The second kappa shape index (κ2) is 8.57. The normalized spacial score (nSPS) is 18.6. The number of hydrogen-bond acceptors (Lipinski definition) is 4. The van der Waals surface area contributed by atoms with Crippen molar-refractivity contribution >= 4 is 18.0 Å². The Kier molecular flexibility index (Phi) is 7.35. The fourth-order valence-corrected chi connectivity index (χ4v) is 3.18. The summed E-state index contributed by atoms with van der Waals surface area (Å²) in [5, 5.41) is 9.17. The van der Waals surface area contributed by atoms with E-state index in [1.54, 1.807) is 20.8 Å². The van der Waals surface area contributed by atoms with E-state index in [1.807, 2.05) is 0 Å². The number of hydrogen-bond donors (Lipinski definition) is 1. The maximum atomic E-state index is 12.8. The van der Waals surface area contributed by atoms with Crippen molar-refractivity contribution in [3.8, 4) is 0 Å². The number of carboxylic acid groups (broad SMARTS) is 1. The van der Waals surface area contributed by atoms with E-state index in [1.165, 1.54) is 4.90 Å². The molecule has 0 spiro atoms. The van der Waals surface area contributed by atoms with E-state index in [0.29, 0.717) is 19.4 Å². The highest BCUT2D eigenvalue weighted by Gasteiger charge is 2.45. The van der Waals surface area contributed by atoms with Crippen LogP contribution in [-0.2, 0) is 14.3 Å². The third-order valence-corrected chi connectivity index (χ3v) is 4.28. The zero-order valence-electron chi connectivity index (χ0n) is 16.9. The summed E-state index contributed by atoms with van der Waals surface area (Å²) in [7, 11) is 0. The molecule has 1 heterocycles. The molecule has 0 aromatic heterocycles. The third kappa shape index (κ3) is 7.55. The van der Waals surface area contributed by atoms with Gasteiger partial charge >= 0.3 is 18.2 Å². The van der Waals surface area contributed by atoms with Gasteiger partial charge in [-0.3, -0.25) is 9.59 Å². The second-order valence-electron chi connectivity index (χ2n) is 8.73. The maximum absolute atomic E-state index is 12.8. The first kappa shape index (κ1) is 24.0. The van der Waals surface area contributed by atoms with E-state index >= 15 is 0 Å². The highest BCUT2D eigenvalue weighted by atomic mass is 19.4. The lowest BCUT2D eigenvalue weighted by atomic mass is 9.86. The molecule has 28 heavy (non-hydrogen) atoms. The molecular formula is C18H29F3N2O5. The van der Waals surface area contributed by atoms with E-state index in [2.05, 4.69) is 0 Å². The Morgan fingerprint density at radius 1 is 1.14 bits per heavy atom. The van der Waals surface area contributed by atoms with Gasteiger partial charge in [0.15, 0.2) is 0 Å². The largest absolute Gasteiger partial charge is 0.480 e. The molecule has 1 atom stereocenters. The average molecular weight is 410 g/mol. The van der Waals surface area contributed by atoms with Crippen molar-refractivity contribution in [2.45, 2.75) is 71.7 Å². The van der Waals surface area contributed by atoms with Gasteiger partial charge in [0.25, 0.3) is 0 Å². The molecule has 1 saturated heterocycles. The van der Waals surface area contributed by atoms with Gasteiger partial charge in [-0.15, -0.1) is 0 Å². The number of likely N-dealkylation sites (tertiary alicyclic amines) is 1. The molecule has 2 amide bonds.